The molecule has 1 aromatic carbocycles. The molecule has 2 heterocycles. The molecule has 0 saturated heterocycles. The van der Waals surface area contributed by atoms with Crippen molar-refractivity contribution in [2.24, 2.45) is 0 Å². The van der Waals surface area contributed by atoms with Crippen LogP contribution in [-0.4, -0.2) is 30.2 Å². The summed E-state index contributed by atoms with van der Waals surface area (Å²) in [5.41, 5.74) is 3.93. The van der Waals surface area contributed by atoms with Gasteiger partial charge in [0.15, 0.2) is 0 Å². The Bertz CT molecular complexity index is 742. The highest BCUT2D eigenvalue weighted by Crippen LogP contribution is 2.40. The van der Waals surface area contributed by atoms with Crippen LogP contribution in [0, 0.1) is 0 Å². The smallest absolute Gasteiger partial charge is 0.224 e. The Balaban J connectivity index is 1.61. The summed E-state index contributed by atoms with van der Waals surface area (Å²) >= 11 is 0. The lowest BCUT2D eigenvalue weighted by molar-refractivity contribution is 0.413. The highest BCUT2D eigenvalue weighted by Gasteiger charge is 2.27. The van der Waals surface area contributed by atoms with E-state index in [1.165, 1.54) is 29.7 Å². The van der Waals surface area contributed by atoms with Gasteiger partial charge in [-0.2, -0.15) is 4.98 Å². The maximum absolute atomic E-state index is 5.34. The summed E-state index contributed by atoms with van der Waals surface area (Å²) in [7, 11) is 1.72. The molecule has 1 aromatic heterocycles. The van der Waals surface area contributed by atoms with E-state index in [4.69, 9.17) is 9.72 Å². The van der Waals surface area contributed by atoms with Crippen molar-refractivity contribution in [2.75, 3.05) is 30.4 Å². The maximum atomic E-state index is 5.34. The molecule has 0 amide bonds. The van der Waals surface area contributed by atoms with Crippen LogP contribution >= 0.6 is 0 Å². The highest BCUT2D eigenvalue weighted by molar-refractivity contribution is 5.50. The van der Waals surface area contributed by atoms with E-state index in [2.05, 4.69) is 40.3 Å². The van der Waals surface area contributed by atoms with Crippen molar-refractivity contribution in [3.05, 3.63) is 41.1 Å². The number of methoxy groups -OCH3 is 1. The quantitative estimate of drug-likeness (QED) is 0.914. The summed E-state index contributed by atoms with van der Waals surface area (Å²) in [6.45, 7) is 4.80. The first-order valence-electron chi connectivity index (χ1n) is 8.80. The van der Waals surface area contributed by atoms with Crippen molar-refractivity contribution in [1.82, 2.24) is 9.97 Å². The fourth-order valence-corrected chi connectivity index (χ4v) is 3.29. The average molecular weight is 324 g/mol. The van der Waals surface area contributed by atoms with Crippen LogP contribution in [0.25, 0.3) is 0 Å². The van der Waals surface area contributed by atoms with Crippen molar-refractivity contribution in [3.63, 3.8) is 0 Å². The fourth-order valence-electron chi connectivity index (χ4n) is 3.29. The lowest BCUT2D eigenvalue weighted by Crippen LogP contribution is -2.31. The van der Waals surface area contributed by atoms with Crippen LogP contribution in [0.5, 0.6) is 5.75 Å². The number of nitrogens with one attached hydrogen (secondary N) is 1. The van der Waals surface area contributed by atoms with Crippen LogP contribution in [0.2, 0.25) is 0 Å². The van der Waals surface area contributed by atoms with E-state index in [-0.39, 0.29) is 0 Å². The Morgan fingerprint density at radius 3 is 2.83 bits per heavy atom. The predicted molar refractivity (Wildman–Crippen MR) is 95.9 cm³/mol. The second-order valence-electron chi connectivity index (χ2n) is 6.59. The van der Waals surface area contributed by atoms with Gasteiger partial charge in [-0.1, -0.05) is 6.07 Å². The first kappa shape index (κ1) is 15.2. The first-order chi connectivity index (χ1) is 11.8. The fraction of sp³-hybridized carbons (Fsp3) is 0.474. The molecule has 1 fully saturated rings. The van der Waals surface area contributed by atoms with Crippen LogP contribution in [-0.2, 0) is 13.0 Å². The van der Waals surface area contributed by atoms with Gasteiger partial charge >= 0.3 is 0 Å². The monoisotopic (exact) mass is 324 g/mol. The standard InChI is InChI=1S/C19H24N4O/c1-3-20-19-21-17(13-4-5-13)11-18(22-19)23-9-8-14-10-16(24-2)7-6-15(14)12-23/h6-7,10-11,13H,3-5,8-9,12H2,1-2H3,(H,20,21,22). The third-order valence-electron chi connectivity index (χ3n) is 4.81. The first-order valence-corrected chi connectivity index (χ1v) is 8.80. The molecule has 126 valence electrons. The molecular weight excluding hydrogens is 300 g/mol. The van der Waals surface area contributed by atoms with Crippen LogP contribution in [0.1, 0.15) is 42.5 Å². The molecule has 0 atom stereocenters. The topological polar surface area (TPSA) is 50.3 Å². The van der Waals surface area contributed by atoms with E-state index in [0.29, 0.717) is 5.92 Å². The molecule has 1 saturated carbocycles. The summed E-state index contributed by atoms with van der Waals surface area (Å²) in [5.74, 6) is 3.38. The number of aromatic nitrogens is 2. The largest absolute Gasteiger partial charge is 0.497 e. The Labute approximate surface area is 143 Å². The second-order valence-corrected chi connectivity index (χ2v) is 6.59. The third-order valence-corrected chi connectivity index (χ3v) is 4.81. The van der Waals surface area contributed by atoms with Gasteiger partial charge in [0.05, 0.1) is 12.8 Å². The van der Waals surface area contributed by atoms with Gasteiger partial charge < -0.3 is 15.0 Å². The van der Waals surface area contributed by atoms with Crippen molar-refractivity contribution in [3.8, 4) is 5.75 Å². The zero-order valence-corrected chi connectivity index (χ0v) is 14.4. The lowest BCUT2D eigenvalue weighted by atomic mass is 9.99. The summed E-state index contributed by atoms with van der Waals surface area (Å²) in [6.07, 6.45) is 3.53. The molecule has 0 unspecified atom stereocenters. The Hall–Kier alpha value is -2.30. The van der Waals surface area contributed by atoms with Crippen molar-refractivity contribution >= 4 is 11.8 Å². The molecular formula is C19H24N4O. The van der Waals surface area contributed by atoms with Crippen LogP contribution < -0.4 is 15.0 Å². The zero-order chi connectivity index (χ0) is 16.5. The van der Waals surface area contributed by atoms with E-state index in [1.54, 1.807) is 7.11 Å². The predicted octanol–water partition coefficient (Wildman–Crippen LogP) is 3.36. The van der Waals surface area contributed by atoms with Gasteiger partial charge in [0.25, 0.3) is 0 Å². The van der Waals surface area contributed by atoms with Gasteiger partial charge in [-0.25, -0.2) is 4.98 Å². The Kier molecular flexibility index (Phi) is 4.00. The highest BCUT2D eigenvalue weighted by atomic mass is 16.5. The third kappa shape index (κ3) is 3.03. The molecule has 1 aliphatic heterocycles. The SMILES string of the molecule is CCNc1nc(C2CC2)cc(N2CCc3cc(OC)ccc3C2)n1. The second kappa shape index (κ2) is 6.30. The van der Waals surface area contributed by atoms with Gasteiger partial charge in [0.2, 0.25) is 5.95 Å². The molecule has 24 heavy (non-hydrogen) atoms. The van der Waals surface area contributed by atoms with E-state index in [9.17, 15) is 0 Å². The van der Waals surface area contributed by atoms with Gasteiger partial charge in [0.1, 0.15) is 11.6 Å². The molecule has 0 spiro atoms. The van der Waals surface area contributed by atoms with E-state index in [0.717, 1.165) is 43.6 Å². The number of nitrogens with zero attached hydrogens (tertiary/aromatic N) is 3. The maximum Gasteiger partial charge on any atom is 0.224 e. The number of anilines is 2. The molecule has 4 rings (SSSR count). The van der Waals surface area contributed by atoms with Crippen molar-refractivity contribution < 1.29 is 4.74 Å². The number of hydrogen-bond donors (Lipinski definition) is 1. The lowest BCUT2D eigenvalue weighted by Gasteiger charge is -2.30. The van der Waals surface area contributed by atoms with Crippen LogP contribution in [0.3, 0.4) is 0 Å². The molecule has 2 aliphatic rings. The summed E-state index contributed by atoms with van der Waals surface area (Å²) in [6, 6.07) is 8.57. The van der Waals surface area contributed by atoms with Crippen LogP contribution in [0.4, 0.5) is 11.8 Å². The number of ether oxygens (including phenoxy) is 1. The molecule has 2 aromatic rings. The molecule has 5 nitrogen and oxygen atoms in total. The molecule has 5 heteroatoms. The normalized spacial score (nSPS) is 16.7. The zero-order valence-electron chi connectivity index (χ0n) is 14.4. The molecule has 0 radical (unpaired) electrons. The summed E-state index contributed by atoms with van der Waals surface area (Å²) in [4.78, 5) is 11.8. The minimum absolute atomic E-state index is 0.630. The number of benzene rings is 1. The molecule has 1 N–H and O–H groups in total. The van der Waals surface area contributed by atoms with Gasteiger partial charge in [0, 0.05) is 31.6 Å². The Morgan fingerprint density at radius 2 is 2.08 bits per heavy atom. The summed E-state index contributed by atoms with van der Waals surface area (Å²) in [5, 5.41) is 3.28. The van der Waals surface area contributed by atoms with E-state index >= 15 is 0 Å². The van der Waals surface area contributed by atoms with Crippen LogP contribution in [0.15, 0.2) is 24.3 Å². The minimum Gasteiger partial charge on any atom is -0.497 e. The van der Waals surface area contributed by atoms with Gasteiger partial charge in [-0.15, -0.1) is 0 Å². The van der Waals surface area contributed by atoms with Crippen molar-refractivity contribution in [2.45, 2.75) is 38.6 Å². The number of fused-ring (bicyclic) bond motifs is 1. The number of rotatable bonds is 5. The van der Waals surface area contributed by atoms with E-state index in [1.807, 2.05) is 6.07 Å². The summed E-state index contributed by atoms with van der Waals surface area (Å²) < 4.78 is 5.34. The van der Waals surface area contributed by atoms with Crippen molar-refractivity contribution in [1.29, 1.82) is 0 Å². The minimum atomic E-state index is 0.630. The molecule has 0 bridgehead atoms. The van der Waals surface area contributed by atoms with Gasteiger partial charge in [-0.3, -0.25) is 0 Å². The Morgan fingerprint density at radius 1 is 1.21 bits per heavy atom. The average Bonchev–Trinajstić information content (AvgIpc) is 3.46. The van der Waals surface area contributed by atoms with E-state index < -0.39 is 0 Å². The molecule has 1 aliphatic carbocycles. The van der Waals surface area contributed by atoms with Gasteiger partial charge in [-0.05, 0) is 49.4 Å². The number of hydrogen-bond acceptors (Lipinski definition) is 5.